The highest BCUT2D eigenvalue weighted by atomic mass is 32.2. The van der Waals surface area contributed by atoms with Crippen molar-refractivity contribution in [2.45, 2.75) is 28.7 Å². The monoisotopic (exact) mass is 355 g/mol. The molecule has 0 aliphatic rings. The fourth-order valence-corrected chi connectivity index (χ4v) is 3.09. The molecule has 0 heterocycles. The van der Waals surface area contributed by atoms with E-state index in [2.05, 4.69) is 5.32 Å². The van der Waals surface area contributed by atoms with Gasteiger partial charge >= 0.3 is 0 Å². The van der Waals surface area contributed by atoms with Crippen molar-refractivity contribution in [3.8, 4) is 0 Å². The maximum Gasteiger partial charge on any atom is 0.275 e. The molecule has 0 aliphatic heterocycles. The average Bonchev–Trinajstić information content (AvgIpc) is 2.56. The molecule has 1 atom stereocenters. The van der Waals surface area contributed by atoms with Crippen molar-refractivity contribution in [3.63, 3.8) is 0 Å². The summed E-state index contributed by atoms with van der Waals surface area (Å²) in [4.78, 5) is 11.7. The number of halogens is 2. The van der Waals surface area contributed by atoms with Crippen LogP contribution in [0.4, 0.5) is 14.5 Å². The maximum absolute atomic E-state index is 12.6. The molecule has 0 saturated heterocycles. The van der Waals surface area contributed by atoms with E-state index in [9.17, 15) is 27.1 Å². The number of sulfone groups is 1. The lowest BCUT2D eigenvalue weighted by Gasteiger charge is -2.21. The van der Waals surface area contributed by atoms with Crippen LogP contribution in [-0.4, -0.2) is 31.5 Å². The Bertz CT molecular complexity index is 819. The molecule has 2 rings (SSSR count). The molecule has 0 aromatic heterocycles. The van der Waals surface area contributed by atoms with Gasteiger partial charge < -0.3 is 10.4 Å². The molecule has 0 saturated carbocycles. The van der Waals surface area contributed by atoms with Crippen molar-refractivity contribution in [1.29, 1.82) is 0 Å². The molecule has 8 heteroatoms. The topological polar surface area (TPSA) is 83.5 Å². The number of aliphatic hydroxyl groups is 1. The number of hydrogen-bond acceptors (Lipinski definition) is 4. The van der Waals surface area contributed by atoms with Gasteiger partial charge in [0.15, 0.2) is 0 Å². The predicted octanol–water partition coefficient (Wildman–Crippen LogP) is 2.47. The Morgan fingerprint density at radius 3 is 2.04 bits per heavy atom. The Balaban J connectivity index is 2.22. The lowest BCUT2D eigenvalue weighted by molar-refractivity contribution is -0.148. The van der Waals surface area contributed by atoms with Gasteiger partial charge in [-0.05, 0) is 43.3 Å². The Kier molecular flexibility index (Phi) is 5.00. The van der Waals surface area contributed by atoms with E-state index in [1.807, 2.05) is 0 Å². The smallest absolute Gasteiger partial charge is 0.275 e. The third-order valence-corrected chi connectivity index (χ3v) is 5.15. The molecule has 0 bridgehead atoms. The molecule has 0 spiro atoms. The van der Waals surface area contributed by atoms with E-state index in [0.29, 0.717) is 6.92 Å². The van der Waals surface area contributed by atoms with Crippen LogP contribution < -0.4 is 5.32 Å². The number of rotatable bonds is 5. The van der Waals surface area contributed by atoms with Crippen molar-refractivity contribution in [1.82, 2.24) is 0 Å². The second-order valence-corrected chi connectivity index (χ2v) is 7.19. The van der Waals surface area contributed by atoms with Gasteiger partial charge in [0, 0.05) is 5.69 Å². The maximum atomic E-state index is 12.6. The normalized spacial score (nSPS) is 14.2. The molecule has 0 radical (unpaired) electrons. The summed E-state index contributed by atoms with van der Waals surface area (Å²) in [5.74, 6) is -1.28. The first kappa shape index (κ1) is 18.0. The van der Waals surface area contributed by atoms with Gasteiger partial charge in [-0.1, -0.05) is 18.2 Å². The van der Waals surface area contributed by atoms with Crippen LogP contribution in [0.2, 0.25) is 0 Å². The standard InChI is InChI=1S/C16H15F2NO4S/c1-16(21,14(17)18)15(20)19-11-7-9-13(10-8-11)24(22,23)12-5-3-2-4-6-12/h2-10,14,21H,1H3,(H,19,20). The number of carbonyl (C=O) groups is 1. The Hall–Kier alpha value is -2.32. The fraction of sp³-hybridized carbons (Fsp3) is 0.188. The van der Waals surface area contributed by atoms with E-state index in [4.69, 9.17) is 0 Å². The van der Waals surface area contributed by atoms with Crippen LogP contribution in [-0.2, 0) is 14.6 Å². The third kappa shape index (κ3) is 3.60. The van der Waals surface area contributed by atoms with Crippen LogP contribution in [0.15, 0.2) is 64.4 Å². The summed E-state index contributed by atoms with van der Waals surface area (Å²) in [5, 5.41) is 11.5. The summed E-state index contributed by atoms with van der Waals surface area (Å²) in [6, 6.07) is 12.8. The van der Waals surface area contributed by atoms with E-state index in [0.717, 1.165) is 0 Å². The van der Waals surface area contributed by atoms with Crippen LogP contribution >= 0.6 is 0 Å². The molecule has 1 amide bonds. The minimum absolute atomic E-state index is 0.00711. The first-order chi connectivity index (χ1) is 11.2. The van der Waals surface area contributed by atoms with Gasteiger partial charge in [-0.25, -0.2) is 17.2 Å². The summed E-state index contributed by atoms with van der Waals surface area (Å²) in [6.45, 7) is 0.696. The Morgan fingerprint density at radius 2 is 1.54 bits per heavy atom. The highest BCUT2D eigenvalue weighted by molar-refractivity contribution is 7.91. The van der Waals surface area contributed by atoms with Crippen molar-refractivity contribution < 1.29 is 27.1 Å². The lowest BCUT2D eigenvalue weighted by atomic mass is 10.1. The van der Waals surface area contributed by atoms with Crippen molar-refractivity contribution >= 4 is 21.4 Å². The number of alkyl halides is 2. The number of nitrogens with one attached hydrogen (secondary N) is 1. The number of carbonyl (C=O) groups excluding carboxylic acids is 1. The Labute approximate surface area is 137 Å². The second-order valence-electron chi connectivity index (χ2n) is 5.24. The van der Waals surface area contributed by atoms with Crippen LogP contribution in [0.3, 0.4) is 0 Å². The van der Waals surface area contributed by atoms with E-state index in [-0.39, 0.29) is 15.5 Å². The van der Waals surface area contributed by atoms with E-state index < -0.39 is 27.8 Å². The SMILES string of the molecule is CC(O)(C(=O)Nc1ccc(S(=O)(=O)c2ccccc2)cc1)C(F)F. The molecular weight excluding hydrogens is 340 g/mol. The molecule has 2 aromatic carbocycles. The molecule has 2 aromatic rings. The summed E-state index contributed by atoms with van der Waals surface area (Å²) >= 11 is 0. The fourth-order valence-electron chi connectivity index (χ4n) is 1.81. The Morgan fingerprint density at radius 1 is 1.04 bits per heavy atom. The minimum Gasteiger partial charge on any atom is -0.375 e. The van der Waals surface area contributed by atoms with Gasteiger partial charge in [0.2, 0.25) is 15.4 Å². The zero-order valence-electron chi connectivity index (χ0n) is 12.6. The van der Waals surface area contributed by atoms with Gasteiger partial charge in [-0.3, -0.25) is 4.79 Å². The first-order valence-corrected chi connectivity index (χ1v) is 8.36. The molecule has 0 fully saturated rings. The predicted molar refractivity (Wildman–Crippen MR) is 83.6 cm³/mol. The van der Waals surface area contributed by atoms with Gasteiger partial charge in [0.1, 0.15) is 0 Å². The first-order valence-electron chi connectivity index (χ1n) is 6.88. The molecule has 128 valence electrons. The van der Waals surface area contributed by atoms with Crippen molar-refractivity contribution in [2.75, 3.05) is 5.32 Å². The van der Waals surface area contributed by atoms with Crippen LogP contribution in [0.25, 0.3) is 0 Å². The van der Waals surface area contributed by atoms with Crippen LogP contribution in [0.1, 0.15) is 6.92 Å². The zero-order chi connectivity index (χ0) is 18.0. The molecule has 2 N–H and O–H groups in total. The molecule has 24 heavy (non-hydrogen) atoms. The van der Waals surface area contributed by atoms with Crippen molar-refractivity contribution in [3.05, 3.63) is 54.6 Å². The summed E-state index contributed by atoms with van der Waals surface area (Å²) in [6.07, 6.45) is -3.25. The largest absolute Gasteiger partial charge is 0.375 e. The van der Waals surface area contributed by atoms with Gasteiger partial charge in [0.05, 0.1) is 9.79 Å². The number of anilines is 1. The molecule has 1 unspecified atom stereocenters. The number of amides is 1. The van der Waals surface area contributed by atoms with Crippen molar-refractivity contribution in [2.24, 2.45) is 0 Å². The minimum atomic E-state index is -3.71. The molecular formula is C16H15F2NO4S. The van der Waals surface area contributed by atoms with E-state index in [1.165, 1.54) is 36.4 Å². The molecule has 5 nitrogen and oxygen atoms in total. The summed E-state index contributed by atoms with van der Waals surface area (Å²) < 4.78 is 49.9. The number of hydrogen-bond donors (Lipinski definition) is 2. The third-order valence-electron chi connectivity index (χ3n) is 3.36. The second kappa shape index (κ2) is 6.66. The highest BCUT2D eigenvalue weighted by Crippen LogP contribution is 2.23. The molecule has 0 aliphatic carbocycles. The average molecular weight is 355 g/mol. The van der Waals surface area contributed by atoms with E-state index in [1.54, 1.807) is 18.2 Å². The van der Waals surface area contributed by atoms with Gasteiger partial charge in [-0.2, -0.15) is 0 Å². The summed E-state index contributed by atoms with van der Waals surface area (Å²) in [7, 11) is -3.71. The van der Waals surface area contributed by atoms with Crippen LogP contribution in [0, 0.1) is 0 Å². The van der Waals surface area contributed by atoms with Gasteiger partial charge in [0.25, 0.3) is 12.3 Å². The number of benzene rings is 2. The zero-order valence-corrected chi connectivity index (χ0v) is 13.4. The van der Waals surface area contributed by atoms with E-state index >= 15 is 0 Å². The quantitative estimate of drug-likeness (QED) is 0.863. The van der Waals surface area contributed by atoms with Gasteiger partial charge in [-0.15, -0.1) is 0 Å². The highest BCUT2D eigenvalue weighted by Gasteiger charge is 2.40. The summed E-state index contributed by atoms with van der Waals surface area (Å²) in [5.41, 5.74) is -2.75. The van der Waals surface area contributed by atoms with Crippen LogP contribution in [0.5, 0.6) is 0 Å². The lowest BCUT2D eigenvalue weighted by Crippen LogP contribution is -2.46.